The molecule has 0 amide bonds. The summed E-state index contributed by atoms with van der Waals surface area (Å²) in [6.07, 6.45) is -1.07. The van der Waals surface area contributed by atoms with Crippen LogP contribution in [0.15, 0.2) is 30.5 Å². The smallest absolute Gasteiger partial charge is 0.323 e. The van der Waals surface area contributed by atoms with Crippen LogP contribution in [-0.4, -0.2) is 43.7 Å². The first-order valence-corrected chi connectivity index (χ1v) is 5.81. The number of hydrogen-bond donors (Lipinski definition) is 4. The van der Waals surface area contributed by atoms with E-state index in [4.69, 9.17) is 10.2 Å². The topological polar surface area (TPSA) is 103 Å². The fourth-order valence-electron chi connectivity index (χ4n) is 2.09. The first kappa shape index (κ1) is 13.5. The molecule has 1 aromatic heterocycles. The van der Waals surface area contributed by atoms with Gasteiger partial charge in [0.15, 0.2) is 0 Å². The van der Waals surface area contributed by atoms with Gasteiger partial charge >= 0.3 is 5.97 Å². The quantitative estimate of drug-likeness (QED) is 0.614. The van der Waals surface area contributed by atoms with E-state index in [1.807, 2.05) is 0 Å². The summed E-state index contributed by atoms with van der Waals surface area (Å²) in [6, 6.07) is 6.99. The van der Waals surface area contributed by atoms with Crippen LogP contribution in [0.5, 0.6) is 0 Å². The lowest BCUT2D eigenvalue weighted by Crippen LogP contribution is -2.21. The number of benzene rings is 1. The third-order valence-corrected chi connectivity index (χ3v) is 3.00. The number of aromatic nitrogens is 1. The Morgan fingerprint density at radius 2 is 1.95 bits per heavy atom. The molecule has 0 spiro atoms. The second kappa shape index (κ2) is 5.40. The minimum atomic E-state index is -1.30. The number of para-hydroxylation sites is 1. The number of rotatable bonds is 5. The molecule has 19 heavy (non-hydrogen) atoms. The van der Waals surface area contributed by atoms with Gasteiger partial charge in [0.1, 0.15) is 18.8 Å². The predicted octanol–water partition coefficient (Wildman–Crippen LogP) is 0.113. The molecule has 0 fully saturated rings. The van der Waals surface area contributed by atoms with Crippen LogP contribution in [0.2, 0.25) is 0 Å². The fourth-order valence-corrected chi connectivity index (χ4v) is 2.09. The van der Waals surface area contributed by atoms with E-state index >= 15 is 0 Å². The molecule has 102 valence electrons. The molecule has 0 bridgehead atoms. The zero-order valence-electron chi connectivity index (χ0n) is 10.1. The summed E-state index contributed by atoms with van der Waals surface area (Å²) in [7, 11) is 0. The molecule has 6 heteroatoms. The van der Waals surface area contributed by atoms with Gasteiger partial charge in [-0.25, -0.2) is 0 Å². The summed E-state index contributed by atoms with van der Waals surface area (Å²) >= 11 is 0. The Labute approximate surface area is 109 Å². The Hall–Kier alpha value is -1.89. The Morgan fingerprint density at radius 1 is 1.26 bits per heavy atom. The monoisotopic (exact) mass is 265 g/mol. The number of aliphatic carboxylic acids is 1. The highest BCUT2D eigenvalue weighted by molar-refractivity contribution is 5.85. The average Bonchev–Trinajstić information content (AvgIpc) is 2.75. The zero-order valence-corrected chi connectivity index (χ0v) is 10.1. The van der Waals surface area contributed by atoms with Crippen molar-refractivity contribution in [2.45, 2.75) is 18.8 Å². The molecule has 6 nitrogen and oxygen atoms in total. The average molecular weight is 265 g/mol. The van der Waals surface area contributed by atoms with E-state index < -0.39 is 24.8 Å². The number of carboxylic acids is 1. The van der Waals surface area contributed by atoms with E-state index in [0.29, 0.717) is 16.5 Å². The van der Waals surface area contributed by atoms with E-state index in [0.717, 1.165) is 0 Å². The van der Waals surface area contributed by atoms with Gasteiger partial charge in [-0.05, 0) is 6.07 Å². The van der Waals surface area contributed by atoms with E-state index in [1.54, 1.807) is 24.3 Å². The van der Waals surface area contributed by atoms with Gasteiger partial charge in [-0.2, -0.15) is 0 Å². The lowest BCUT2D eigenvalue weighted by Gasteiger charge is -2.14. The van der Waals surface area contributed by atoms with E-state index in [1.165, 1.54) is 10.8 Å². The van der Waals surface area contributed by atoms with Gasteiger partial charge in [0.05, 0.1) is 6.61 Å². The molecule has 4 N–H and O–H groups in total. The Bertz CT molecular complexity index is 592. The molecule has 0 aliphatic heterocycles. The zero-order chi connectivity index (χ0) is 14.0. The van der Waals surface area contributed by atoms with E-state index in [2.05, 4.69) is 0 Å². The first-order chi connectivity index (χ1) is 9.04. The molecule has 2 rings (SSSR count). The summed E-state index contributed by atoms with van der Waals surface area (Å²) in [4.78, 5) is 10.8. The molecule has 0 saturated carbocycles. The van der Waals surface area contributed by atoms with Crippen LogP contribution in [0.25, 0.3) is 10.9 Å². The molecule has 2 unspecified atom stereocenters. The van der Waals surface area contributed by atoms with Crippen LogP contribution in [0.1, 0.15) is 11.7 Å². The maximum atomic E-state index is 10.8. The summed E-state index contributed by atoms with van der Waals surface area (Å²) < 4.78 is 1.49. The summed E-state index contributed by atoms with van der Waals surface area (Å²) in [5.41, 5.74) is 1.06. The molecule has 1 aromatic carbocycles. The normalized spacial score (nSPS) is 14.5. The molecule has 0 aliphatic carbocycles. The number of fused-ring (bicyclic) bond motifs is 1. The molecule has 0 saturated heterocycles. The number of aliphatic hydroxyl groups is 3. The van der Waals surface area contributed by atoms with Gasteiger partial charge < -0.3 is 25.0 Å². The van der Waals surface area contributed by atoms with Gasteiger partial charge in [0.25, 0.3) is 0 Å². The highest BCUT2D eigenvalue weighted by Gasteiger charge is 2.22. The van der Waals surface area contributed by atoms with Gasteiger partial charge in [-0.3, -0.25) is 4.79 Å². The lowest BCUT2D eigenvalue weighted by molar-refractivity contribution is -0.137. The van der Waals surface area contributed by atoms with Crippen molar-refractivity contribution in [1.82, 2.24) is 4.57 Å². The Morgan fingerprint density at radius 3 is 2.58 bits per heavy atom. The van der Waals surface area contributed by atoms with Crippen LogP contribution in [0.4, 0.5) is 0 Å². The van der Waals surface area contributed by atoms with Gasteiger partial charge in [0.2, 0.25) is 0 Å². The standard InChI is InChI=1S/C13H15NO5/c15-7-11(16)13(19)9-5-14(6-12(17)18)10-4-2-1-3-8(9)10/h1-5,11,13,15-16,19H,6-7H2,(H,17,18). The number of carboxylic acid groups (broad SMARTS) is 1. The Balaban J connectivity index is 2.52. The van der Waals surface area contributed by atoms with Crippen LogP contribution in [0, 0.1) is 0 Å². The van der Waals surface area contributed by atoms with Gasteiger partial charge in [-0.15, -0.1) is 0 Å². The molecular weight excluding hydrogens is 250 g/mol. The highest BCUT2D eigenvalue weighted by Crippen LogP contribution is 2.28. The minimum Gasteiger partial charge on any atom is -0.480 e. The molecule has 1 heterocycles. The number of nitrogens with zero attached hydrogens (tertiary/aromatic N) is 1. The summed E-state index contributed by atoms with van der Waals surface area (Å²) in [6.45, 7) is -0.804. The summed E-state index contributed by atoms with van der Waals surface area (Å²) in [5, 5.41) is 37.9. The third kappa shape index (κ3) is 2.60. The minimum absolute atomic E-state index is 0.234. The molecular formula is C13H15NO5. The van der Waals surface area contributed by atoms with Crippen molar-refractivity contribution in [2.75, 3.05) is 6.61 Å². The van der Waals surface area contributed by atoms with Crippen molar-refractivity contribution in [3.05, 3.63) is 36.0 Å². The molecule has 2 aromatic rings. The molecule has 0 radical (unpaired) electrons. The van der Waals surface area contributed by atoms with Crippen LogP contribution < -0.4 is 0 Å². The lowest BCUT2D eigenvalue weighted by atomic mass is 10.0. The summed E-state index contributed by atoms with van der Waals surface area (Å²) in [5.74, 6) is -0.996. The van der Waals surface area contributed by atoms with Crippen molar-refractivity contribution < 1.29 is 25.2 Å². The van der Waals surface area contributed by atoms with Crippen LogP contribution in [-0.2, 0) is 11.3 Å². The van der Waals surface area contributed by atoms with Crippen molar-refractivity contribution >= 4 is 16.9 Å². The SMILES string of the molecule is O=C(O)Cn1cc(C(O)C(O)CO)c2ccccc21. The van der Waals surface area contributed by atoms with Gasteiger partial charge in [-0.1, -0.05) is 18.2 Å². The van der Waals surface area contributed by atoms with Crippen molar-refractivity contribution in [3.63, 3.8) is 0 Å². The fraction of sp³-hybridized carbons (Fsp3) is 0.308. The number of hydrogen-bond acceptors (Lipinski definition) is 4. The van der Waals surface area contributed by atoms with Crippen molar-refractivity contribution in [1.29, 1.82) is 0 Å². The van der Waals surface area contributed by atoms with E-state index in [-0.39, 0.29) is 6.54 Å². The largest absolute Gasteiger partial charge is 0.480 e. The first-order valence-electron chi connectivity index (χ1n) is 5.81. The van der Waals surface area contributed by atoms with Gasteiger partial charge in [0, 0.05) is 22.7 Å². The third-order valence-electron chi connectivity index (χ3n) is 3.00. The second-order valence-electron chi connectivity index (χ2n) is 4.32. The van der Waals surface area contributed by atoms with E-state index in [9.17, 15) is 15.0 Å². The maximum Gasteiger partial charge on any atom is 0.323 e. The molecule has 0 aliphatic rings. The number of aliphatic hydroxyl groups excluding tert-OH is 3. The predicted molar refractivity (Wildman–Crippen MR) is 67.6 cm³/mol. The highest BCUT2D eigenvalue weighted by atomic mass is 16.4. The Kier molecular flexibility index (Phi) is 3.84. The second-order valence-corrected chi connectivity index (χ2v) is 4.32. The van der Waals surface area contributed by atoms with Crippen LogP contribution in [0.3, 0.4) is 0 Å². The molecule has 2 atom stereocenters. The van der Waals surface area contributed by atoms with Crippen LogP contribution >= 0.6 is 0 Å². The van der Waals surface area contributed by atoms with Crippen molar-refractivity contribution in [3.8, 4) is 0 Å². The maximum absolute atomic E-state index is 10.8. The van der Waals surface area contributed by atoms with Crippen molar-refractivity contribution in [2.24, 2.45) is 0 Å². The number of carbonyl (C=O) groups is 1.